The van der Waals surface area contributed by atoms with Crippen LogP contribution in [0.25, 0.3) is 0 Å². The second kappa shape index (κ2) is 9.10. The third-order valence-corrected chi connectivity index (χ3v) is 4.35. The number of piperazine rings is 1. The molecular weight excluding hydrogens is 381 g/mol. The van der Waals surface area contributed by atoms with Gasteiger partial charge in [-0.05, 0) is 18.2 Å². The van der Waals surface area contributed by atoms with Crippen molar-refractivity contribution in [1.29, 1.82) is 0 Å². The van der Waals surface area contributed by atoms with E-state index in [1.54, 1.807) is 11.0 Å². The average molecular weight is 402 g/mol. The first-order valence-electron chi connectivity index (χ1n) is 7.73. The van der Waals surface area contributed by atoms with Crippen LogP contribution >= 0.6 is 15.9 Å². The summed E-state index contributed by atoms with van der Waals surface area (Å²) >= 11 is 3.17. The maximum absolute atomic E-state index is 13.7. The molecule has 0 bridgehead atoms. The van der Waals surface area contributed by atoms with Gasteiger partial charge in [0.2, 0.25) is 11.8 Å². The van der Waals surface area contributed by atoms with Gasteiger partial charge in [0.05, 0.1) is 5.69 Å². The molecular formula is C16H21BrFN3O3. The Morgan fingerprint density at radius 3 is 2.62 bits per heavy atom. The second-order valence-electron chi connectivity index (χ2n) is 5.58. The number of nitrogens with one attached hydrogen (secondary N) is 1. The van der Waals surface area contributed by atoms with Crippen molar-refractivity contribution >= 4 is 33.4 Å². The van der Waals surface area contributed by atoms with Gasteiger partial charge in [0, 0.05) is 50.7 Å². The zero-order valence-corrected chi connectivity index (χ0v) is 15.1. The van der Waals surface area contributed by atoms with Gasteiger partial charge in [-0.25, -0.2) is 4.39 Å². The lowest BCUT2D eigenvalue weighted by Gasteiger charge is -2.34. The summed E-state index contributed by atoms with van der Waals surface area (Å²) < 4.78 is 19.2. The molecule has 8 heteroatoms. The first-order valence-corrected chi connectivity index (χ1v) is 8.53. The van der Waals surface area contributed by atoms with Crippen LogP contribution in [0.3, 0.4) is 0 Å². The lowest BCUT2D eigenvalue weighted by atomic mass is 10.2. The first-order chi connectivity index (χ1) is 11.5. The van der Waals surface area contributed by atoms with E-state index in [-0.39, 0.29) is 30.5 Å². The minimum atomic E-state index is -0.469. The molecule has 1 aromatic rings. The van der Waals surface area contributed by atoms with Gasteiger partial charge in [-0.1, -0.05) is 15.9 Å². The highest BCUT2D eigenvalue weighted by Gasteiger charge is 2.21. The maximum Gasteiger partial charge on any atom is 0.248 e. The summed E-state index contributed by atoms with van der Waals surface area (Å²) in [6.45, 7) is 3.37. The molecule has 2 amide bonds. The SMILES string of the molecule is COCC(=O)N1CCN(CCC(=O)Nc2ccc(Br)cc2F)CC1. The van der Waals surface area contributed by atoms with Crippen molar-refractivity contribution in [2.75, 3.05) is 51.8 Å². The van der Waals surface area contributed by atoms with Crippen LogP contribution in [0.2, 0.25) is 0 Å². The molecule has 1 heterocycles. The number of rotatable bonds is 6. The van der Waals surface area contributed by atoms with Crippen molar-refractivity contribution < 1.29 is 18.7 Å². The van der Waals surface area contributed by atoms with E-state index in [2.05, 4.69) is 26.1 Å². The van der Waals surface area contributed by atoms with Crippen molar-refractivity contribution in [3.05, 3.63) is 28.5 Å². The first kappa shape index (κ1) is 18.8. The number of nitrogens with zero attached hydrogens (tertiary/aromatic N) is 2. The van der Waals surface area contributed by atoms with E-state index in [0.717, 1.165) is 13.1 Å². The fourth-order valence-corrected chi connectivity index (χ4v) is 2.83. The van der Waals surface area contributed by atoms with Crippen molar-refractivity contribution in [3.63, 3.8) is 0 Å². The Morgan fingerprint density at radius 1 is 1.29 bits per heavy atom. The minimum Gasteiger partial charge on any atom is -0.375 e. The van der Waals surface area contributed by atoms with Gasteiger partial charge in [0.1, 0.15) is 12.4 Å². The molecule has 0 radical (unpaired) electrons. The number of hydrogen-bond donors (Lipinski definition) is 1. The smallest absolute Gasteiger partial charge is 0.248 e. The Hall–Kier alpha value is -1.51. The molecule has 1 fully saturated rings. The summed E-state index contributed by atoms with van der Waals surface area (Å²) in [6.07, 6.45) is 0.279. The largest absolute Gasteiger partial charge is 0.375 e. The van der Waals surface area contributed by atoms with Gasteiger partial charge in [-0.3, -0.25) is 14.5 Å². The van der Waals surface area contributed by atoms with E-state index in [1.807, 2.05) is 0 Å². The Kier molecular flexibility index (Phi) is 7.14. The van der Waals surface area contributed by atoms with Gasteiger partial charge in [0.25, 0.3) is 0 Å². The summed E-state index contributed by atoms with van der Waals surface area (Å²) in [4.78, 5) is 27.5. The molecule has 6 nitrogen and oxygen atoms in total. The average Bonchev–Trinajstić information content (AvgIpc) is 2.56. The number of hydrogen-bond acceptors (Lipinski definition) is 4. The fourth-order valence-electron chi connectivity index (χ4n) is 2.50. The van der Waals surface area contributed by atoms with Crippen LogP contribution < -0.4 is 5.32 Å². The predicted octanol–water partition coefficient (Wildman–Crippen LogP) is 1.71. The van der Waals surface area contributed by atoms with Crippen molar-refractivity contribution in [1.82, 2.24) is 9.80 Å². The highest BCUT2D eigenvalue weighted by Crippen LogP contribution is 2.19. The number of benzene rings is 1. The monoisotopic (exact) mass is 401 g/mol. The lowest BCUT2D eigenvalue weighted by Crippen LogP contribution is -2.50. The van der Waals surface area contributed by atoms with Gasteiger partial charge in [0.15, 0.2) is 0 Å². The molecule has 132 valence electrons. The maximum atomic E-state index is 13.7. The molecule has 2 rings (SSSR count). The van der Waals surface area contributed by atoms with Crippen LogP contribution in [0.5, 0.6) is 0 Å². The van der Waals surface area contributed by atoms with Crippen LogP contribution in [-0.4, -0.2) is 68.1 Å². The summed E-state index contributed by atoms with van der Waals surface area (Å²) in [5, 5.41) is 2.58. The molecule has 1 aromatic carbocycles. The van der Waals surface area contributed by atoms with Gasteiger partial charge < -0.3 is 15.0 Å². The minimum absolute atomic E-state index is 0.0133. The summed E-state index contributed by atoms with van der Waals surface area (Å²) in [6, 6.07) is 4.51. The number of carbonyl (C=O) groups excluding carboxylic acids is 2. The summed E-state index contributed by atoms with van der Waals surface area (Å²) in [5.41, 5.74) is 0.179. The van der Waals surface area contributed by atoms with Crippen LogP contribution in [0.15, 0.2) is 22.7 Å². The van der Waals surface area contributed by atoms with Gasteiger partial charge in [-0.15, -0.1) is 0 Å². The highest BCUT2D eigenvalue weighted by atomic mass is 79.9. The zero-order chi connectivity index (χ0) is 17.5. The van der Waals surface area contributed by atoms with Crippen molar-refractivity contribution in [3.8, 4) is 0 Å². The fraction of sp³-hybridized carbons (Fsp3) is 0.500. The lowest BCUT2D eigenvalue weighted by molar-refractivity contribution is -0.137. The van der Waals surface area contributed by atoms with E-state index in [4.69, 9.17) is 4.74 Å². The van der Waals surface area contributed by atoms with E-state index in [9.17, 15) is 14.0 Å². The van der Waals surface area contributed by atoms with Crippen LogP contribution in [-0.2, 0) is 14.3 Å². The molecule has 0 aromatic heterocycles. The highest BCUT2D eigenvalue weighted by molar-refractivity contribution is 9.10. The van der Waals surface area contributed by atoms with Gasteiger partial charge >= 0.3 is 0 Å². The molecule has 0 unspecified atom stereocenters. The molecule has 0 saturated carbocycles. The van der Waals surface area contributed by atoms with Crippen molar-refractivity contribution in [2.24, 2.45) is 0 Å². The van der Waals surface area contributed by atoms with E-state index >= 15 is 0 Å². The molecule has 0 atom stereocenters. The molecule has 1 aliphatic rings. The number of halogens is 2. The topological polar surface area (TPSA) is 61.9 Å². The van der Waals surface area contributed by atoms with Gasteiger partial charge in [-0.2, -0.15) is 0 Å². The normalized spacial score (nSPS) is 15.4. The Morgan fingerprint density at radius 2 is 2.00 bits per heavy atom. The Labute approximate surface area is 149 Å². The number of carbonyl (C=O) groups is 2. The summed E-state index contributed by atoms with van der Waals surface area (Å²) in [5.74, 6) is -0.710. The number of amides is 2. The third-order valence-electron chi connectivity index (χ3n) is 3.85. The van der Waals surface area contributed by atoms with Crippen LogP contribution in [0, 0.1) is 5.82 Å². The predicted molar refractivity (Wildman–Crippen MR) is 92.2 cm³/mol. The molecule has 1 saturated heterocycles. The molecule has 1 aliphatic heterocycles. The molecule has 0 aliphatic carbocycles. The second-order valence-corrected chi connectivity index (χ2v) is 6.49. The number of methoxy groups -OCH3 is 1. The summed E-state index contributed by atoms with van der Waals surface area (Å²) in [7, 11) is 1.50. The van der Waals surface area contributed by atoms with Crippen molar-refractivity contribution in [2.45, 2.75) is 6.42 Å². The number of ether oxygens (including phenoxy) is 1. The zero-order valence-electron chi connectivity index (χ0n) is 13.6. The molecule has 24 heavy (non-hydrogen) atoms. The van der Waals surface area contributed by atoms with E-state index in [0.29, 0.717) is 24.1 Å². The molecule has 1 N–H and O–H groups in total. The van der Waals surface area contributed by atoms with Crippen LogP contribution in [0.1, 0.15) is 6.42 Å². The Balaban J connectivity index is 1.72. The number of anilines is 1. The van der Waals surface area contributed by atoms with E-state index < -0.39 is 5.82 Å². The molecule has 0 spiro atoms. The van der Waals surface area contributed by atoms with E-state index in [1.165, 1.54) is 19.2 Å². The van der Waals surface area contributed by atoms with Crippen LogP contribution in [0.4, 0.5) is 10.1 Å². The third kappa shape index (κ3) is 5.54. The quantitative estimate of drug-likeness (QED) is 0.787. The Bertz CT molecular complexity index is 592. The standard InChI is InChI=1S/C16H21BrFN3O3/c1-24-11-16(23)21-8-6-20(7-9-21)5-4-15(22)19-14-3-2-12(17)10-13(14)18/h2-3,10H,4-9,11H2,1H3,(H,19,22).